The molecule has 0 N–H and O–H groups in total. The summed E-state index contributed by atoms with van der Waals surface area (Å²) < 4.78 is 6.13. The summed E-state index contributed by atoms with van der Waals surface area (Å²) in [7, 11) is 0. The SMILES string of the molecule is C.CC(=O)C(=O)c1ccc(Cl)cc1.CC(=O)Cc1ccc(Cl)cc1.CC(=O)Cc1ccc([N+](=O)[O-])cc1.CC(=O)Cc1cccc(Cl)c1.CC(=O)Cc1cccs1.CC(=O)Cc1ccsc1.CC(=O)Cn1cc(-c2ccccc2)nn1.CC(=O)Cn1cc(C(C)C)nn1.CC(=O)Cn1cc(C)nn1.CC(=O)Cn1ccnn1. The number of carbonyl (C=O) groups is 11. The highest BCUT2D eigenvalue weighted by Gasteiger charge is 2.11. The van der Waals surface area contributed by atoms with E-state index in [-0.39, 0.29) is 71.7 Å². The van der Waals surface area contributed by atoms with E-state index in [1.165, 1.54) is 75.2 Å². The van der Waals surface area contributed by atoms with Gasteiger partial charge in [0.25, 0.3) is 5.69 Å². The molecule has 11 aromatic rings. The van der Waals surface area contributed by atoms with E-state index < -0.39 is 16.5 Å². The summed E-state index contributed by atoms with van der Waals surface area (Å²) in [5, 5.41) is 48.4. The van der Waals surface area contributed by atoms with Crippen LogP contribution in [-0.2, 0) is 106 Å². The number of aryl methyl sites for hydroxylation is 1. The molecule has 6 aromatic heterocycles. The second-order valence-corrected chi connectivity index (χ2v) is 27.9. The van der Waals surface area contributed by atoms with Crippen molar-refractivity contribution in [1.82, 2.24) is 60.0 Å². The van der Waals surface area contributed by atoms with Gasteiger partial charge >= 0.3 is 0 Å². The average Bonchev–Trinajstić information content (AvgIpc) is 1.79. The minimum absolute atomic E-state index is 0. The number of Topliss-reactive ketones (excluding diaryl/α,β-unsaturated/α-hetero) is 11. The van der Waals surface area contributed by atoms with Crippen LogP contribution in [0.1, 0.15) is 145 Å². The second kappa shape index (κ2) is 55.2. The van der Waals surface area contributed by atoms with Crippen LogP contribution in [0.15, 0.2) is 193 Å². The Labute approximate surface area is 675 Å². The van der Waals surface area contributed by atoms with Crippen molar-refractivity contribution < 1.29 is 57.7 Å². The Bertz CT molecular complexity index is 4570. The van der Waals surface area contributed by atoms with Crippen LogP contribution < -0.4 is 0 Å². The molecule has 594 valence electrons. The topological polar surface area (TPSA) is 354 Å². The molecule has 0 unspecified atom stereocenters. The summed E-state index contributed by atoms with van der Waals surface area (Å²) in [6.45, 7) is 22.4. The lowest BCUT2D eigenvalue weighted by Crippen LogP contribution is -2.08. The maximum absolute atomic E-state index is 11.1. The van der Waals surface area contributed by atoms with Gasteiger partial charge in [-0.05, 0) is 174 Å². The van der Waals surface area contributed by atoms with Gasteiger partial charge in [-0.15, -0.1) is 31.7 Å². The maximum atomic E-state index is 11.1. The number of hydrogen-bond acceptors (Lipinski definition) is 23. The van der Waals surface area contributed by atoms with E-state index in [9.17, 15) is 62.9 Å². The molecule has 0 fully saturated rings. The summed E-state index contributed by atoms with van der Waals surface area (Å²) >= 11 is 20.2. The first kappa shape index (κ1) is 98.7. The fourth-order valence-corrected chi connectivity index (χ4v) is 10.4. The Morgan fingerprint density at radius 2 is 0.929 bits per heavy atom. The molecule has 0 aliphatic heterocycles. The molecule has 0 aliphatic carbocycles. The average molecular weight is 1630 g/mol. The summed E-state index contributed by atoms with van der Waals surface area (Å²) in [4.78, 5) is 128. The van der Waals surface area contributed by atoms with E-state index >= 15 is 0 Å². The first-order chi connectivity index (χ1) is 52.5. The summed E-state index contributed by atoms with van der Waals surface area (Å²) in [5.74, 6) is 0.606. The van der Waals surface area contributed by atoms with Crippen LogP contribution in [0.2, 0.25) is 15.1 Å². The van der Waals surface area contributed by atoms with Crippen molar-refractivity contribution in [2.75, 3.05) is 0 Å². The lowest BCUT2D eigenvalue weighted by atomic mass is 10.1. The normalized spacial score (nSPS) is 9.69. The van der Waals surface area contributed by atoms with Gasteiger partial charge in [0.15, 0.2) is 28.9 Å². The molecule has 31 heteroatoms. The minimum Gasteiger partial charge on any atom is -0.300 e. The highest BCUT2D eigenvalue weighted by atomic mass is 35.5. The molecule has 0 bridgehead atoms. The third-order valence-electron chi connectivity index (χ3n) is 13.2. The molecule has 0 atom stereocenters. The number of nitrogens with zero attached hydrogens (tertiary/aromatic N) is 13. The predicted octanol–water partition coefficient (Wildman–Crippen LogP) is 15.7. The lowest BCUT2D eigenvalue weighted by molar-refractivity contribution is -0.384. The fraction of sp³-hybridized carbons (Fsp3) is 0.296. The van der Waals surface area contributed by atoms with Crippen LogP contribution >= 0.6 is 57.5 Å². The molecule has 6 heterocycles. The van der Waals surface area contributed by atoms with Crippen LogP contribution in [0, 0.1) is 17.0 Å². The molecule has 26 nitrogen and oxygen atoms in total. The summed E-state index contributed by atoms with van der Waals surface area (Å²) in [5.41, 5.74) is 7.92. The van der Waals surface area contributed by atoms with E-state index in [1.54, 1.807) is 127 Å². The molecule has 0 saturated carbocycles. The number of nitro benzene ring substituents is 1. The van der Waals surface area contributed by atoms with Gasteiger partial charge in [-0.3, -0.25) is 62.9 Å². The van der Waals surface area contributed by atoms with Crippen molar-refractivity contribution in [3.8, 4) is 11.3 Å². The molecule has 5 aromatic carbocycles. The summed E-state index contributed by atoms with van der Waals surface area (Å²) in [6.07, 6.45) is 11.0. The smallest absolute Gasteiger partial charge is 0.269 e. The first-order valence-electron chi connectivity index (χ1n) is 34.0. The van der Waals surface area contributed by atoms with E-state index in [1.807, 2.05) is 122 Å². The number of thiophene rings is 2. The van der Waals surface area contributed by atoms with Crippen LogP contribution in [-0.4, -0.2) is 129 Å². The molecule has 0 radical (unpaired) electrons. The fourth-order valence-electron chi connectivity index (χ4n) is 8.47. The number of rotatable bonds is 23. The lowest BCUT2D eigenvalue weighted by Gasteiger charge is -1.96. The van der Waals surface area contributed by atoms with Crippen LogP contribution in [0.4, 0.5) is 5.69 Å². The zero-order chi connectivity index (χ0) is 83.0. The number of carbonyl (C=O) groups excluding carboxylic acids is 11. The van der Waals surface area contributed by atoms with Crippen molar-refractivity contribution in [2.24, 2.45) is 0 Å². The molecule has 0 saturated heterocycles. The molecule has 0 spiro atoms. The third-order valence-corrected chi connectivity index (χ3v) is 15.5. The van der Waals surface area contributed by atoms with Gasteiger partial charge in [-0.25, -0.2) is 18.7 Å². The van der Waals surface area contributed by atoms with Crippen molar-refractivity contribution >= 4 is 127 Å². The molecular weight excluding hydrogens is 1530 g/mol. The molecule has 112 heavy (non-hydrogen) atoms. The zero-order valence-electron chi connectivity index (χ0n) is 64.0. The van der Waals surface area contributed by atoms with E-state index in [0.29, 0.717) is 78.3 Å². The number of aromatic nitrogens is 12. The molecule has 11 rings (SSSR count). The van der Waals surface area contributed by atoms with E-state index in [2.05, 4.69) is 41.2 Å². The number of nitro groups is 1. The monoisotopic (exact) mass is 1630 g/mol. The molecule has 0 aliphatic rings. The standard InChI is InChI=1S/C11H11N3O.C9H7ClO2.2C9H9ClO.C9H9NO3.C8H13N3O.2C7H8OS.C6H9N3O.C5H7N3O.CH4/c1-9(15)7-14-8-11(12-13-14)10-5-3-2-4-6-10;1-6(11)9(12)7-2-4-8(10)5-3-7;1-7(11)6-8-2-4-9(10)5-3-8;1-7(11)5-8-3-2-4-9(10)6-8;1-7(11)6-8-2-4-9(5-3-8)10(12)13;1-6(2)8-5-11(10-9-8)4-7(3)12;1-6(8)4-7-2-3-9-5-7;1-6(8)5-7-3-2-4-9-7;1-5-3-9(8-7-5)4-6(2)10;1-5(9)4-8-3-2-6-7-8;/h2-6,8H,7H2,1H3;2-5H,1H3;2-5H,6H2,1H3;2-4,6H,5H2,1H3;2-5H,6H2,1H3;5-6H,4H2,1-3H3;2-3,5H,4H2,1H3;2-4H,5H2,1H3;3H,4H2,1-2H3;2-3H,4H2,1H3;1H4. The maximum Gasteiger partial charge on any atom is 0.269 e. The van der Waals surface area contributed by atoms with Crippen molar-refractivity contribution in [2.45, 2.75) is 162 Å². The van der Waals surface area contributed by atoms with Crippen molar-refractivity contribution in [1.29, 1.82) is 0 Å². The van der Waals surface area contributed by atoms with Gasteiger partial charge < -0.3 is 0 Å². The van der Waals surface area contributed by atoms with Gasteiger partial charge in [0, 0.05) is 101 Å². The first-order valence-corrected chi connectivity index (χ1v) is 37.0. The van der Waals surface area contributed by atoms with E-state index in [0.717, 1.165) is 49.8 Å². The van der Waals surface area contributed by atoms with Gasteiger partial charge in [0.05, 0.1) is 28.7 Å². The largest absolute Gasteiger partial charge is 0.300 e. The number of benzene rings is 5. The Hall–Kier alpha value is -11.3. The van der Waals surface area contributed by atoms with Gasteiger partial charge in [0.1, 0.15) is 60.8 Å². The molecule has 0 amide bonds. The second-order valence-electron chi connectivity index (χ2n) is 24.8. The summed E-state index contributed by atoms with van der Waals surface area (Å²) in [6, 6.07) is 42.6. The number of hydrogen-bond donors (Lipinski definition) is 0. The Morgan fingerprint density at radius 3 is 1.35 bits per heavy atom. The highest BCUT2D eigenvalue weighted by Crippen LogP contribution is 2.17. The highest BCUT2D eigenvalue weighted by molar-refractivity contribution is 7.10. The van der Waals surface area contributed by atoms with Crippen LogP contribution in [0.3, 0.4) is 0 Å². The van der Waals surface area contributed by atoms with Gasteiger partial charge in [-0.1, -0.05) is 150 Å². The van der Waals surface area contributed by atoms with Crippen LogP contribution in [0.5, 0.6) is 0 Å². The molecular formula is C81H94Cl3N13O13S2. The minimum atomic E-state index is -0.480. The van der Waals surface area contributed by atoms with E-state index in [4.69, 9.17) is 34.8 Å². The number of non-ortho nitro benzene ring substituents is 1. The Balaban J connectivity index is 0.000000624. The van der Waals surface area contributed by atoms with Gasteiger partial charge in [0.2, 0.25) is 5.78 Å². The quantitative estimate of drug-likeness (QED) is 0.0248. The zero-order valence-corrected chi connectivity index (χ0v) is 67.9. The number of ketones is 11. The third kappa shape index (κ3) is 47.6. The van der Waals surface area contributed by atoms with Crippen molar-refractivity contribution in [3.63, 3.8) is 0 Å². The predicted molar refractivity (Wildman–Crippen MR) is 437 cm³/mol. The Morgan fingerprint density at radius 1 is 0.455 bits per heavy atom. The Kier molecular flexibility index (Phi) is 48.6. The van der Waals surface area contributed by atoms with Gasteiger partial charge in [-0.2, -0.15) is 11.3 Å². The van der Waals surface area contributed by atoms with Crippen molar-refractivity contribution in [3.05, 3.63) is 262 Å². The van der Waals surface area contributed by atoms with Crippen LogP contribution in [0.25, 0.3) is 11.3 Å². The number of halogens is 3.